The molecule has 0 saturated carbocycles. The summed E-state index contributed by atoms with van der Waals surface area (Å²) in [5.41, 5.74) is 3.72. The van der Waals surface area contributed by atoms with Gasteiger partial charge in [0, 0.05) is 13.2 Å². The van der Waals surface area contributed by atoms with Crippen molar-refractivity contribution in [2.45, 2.75) is 12.8 Å². The summed E-state index contributed by atoms with van der Waals surface area (Å²) in [6, 6.07) is 0. The van der Waals surface area contributed by atoms with Crippen LogP contribution in [0.5, 0.6) is 0 Å². The Morgan fingerprint density at radius 2 is 1.80 bits per heavy atom. The average molecular weight is 215 g/mol. The molecule has 15 heavy (non-hydrogen) atoms. The molecule has 0 spiro atoms. The summed E-state index contributed by atoms with van der Waals surface area (Å²) in [5.74, 6) is -1.59. The zero-order chi connectivity index (χ0) is 11.5. The predicted octanol–water partition coefficient (Wildman–Crippen LogP) is -2.29. The molecule has 0 unspecified atom stereocenters. The smallest absolute Gasteiger partial charge is 0.264 e. The molecular weight excluding hydrogens is 202 g/mol. The van der Waals surface area contributed by atoms with Crippen LogP contribution in [0.4, 0.5) is 0 Å². The van der Waals surface area contributed by atoms with Gasteiger partial charge in [0.05, 0.1) is 0 Å². The molecule has 7 heteroatoms. The zero-order valence-electron chi connectivity index (χ0n) is 8.06. The first-order chi connectivity index (χ1) is 7.06. The topological polar surface area (TPSA) is 125 Å². The predicted molar refractivity (Wildman–Crippen MR) is 50.6 cm³/mol. The highest BCUT2D eigenvalue weighted by atomic mass is 16.3. The monoisotopic (exact) mass is 215 g/mol. The highest BCUT2D eigenvalue weighted by molar-refractivity contribution is 6.17. The minimum absolute atomic E-state index is 0.0744. The van der Waals surface area contributed by atoms with E-state index in [1.165, 1.54) is 0 Å². The lowest BCUT2D eigenvalue weighted by molar-refractivity contribution is -0.144. The van der Waals surface area contributed by atoms with Crippen LogP contribution in [0, 0.1) is 5.41 Å². The van der Waals surface area contributed by atoms with Crippen molar-refractivity contribution in [3.63, 3.8) is 0 Å². The Morgan fingerprint density at radius 1 is 1.27 bits per heavy atom. The summed E-state index contributed by atoms with van der Waals surface area (Å²) in [5, 5.41) is 19.9. The Labute approximate surface area is 86.0 Å². The third-order valence-electron chi connectivity index (χ3n) is 2.38. The molecule has 1 aliphatic heterocycles. The maximum atomic E-state index is 11.6. The standard InChI is InChI=1S/C8H13N3O4/c9-7-10-5(14)8(1-3-12,2-4-13)6(15)11-7/h12-13H,1-4H2,(H3,9,10,11,14,15). The van der Waals surface area contributed by atoms with Gasteiger partial charge in [-0.05, 0) is 12.8 Å². The second-order valence-corrected chi connectivity index (χ2v) is 3.29. The third-order valence-corrected chi connectivity index (χ3v) is 2.38. The molecule has 7 nitrogen and oxygen atoms in total. The number of amides is 2. The summed E-state index contributed by atoms with van der Waals surface area (Å²) < 4.78 is 0. The van der Waals surface area contributed by atoms with Gasteiger partial charge in [-0.2, -0.15) is 4.99 Å². The summed E-state index contributed by atoms with van der Waals surface area (Å²) in [6.07, 6.45) is -0.149. The lowest BCUT2D eigenvalue weighted by atomic mass is 9.79. The Hall–Kier alpha value is -1.47. The number of rotatable bonds is 4. The molecule has 2 amide bonds. The van der Waals surface area contributed by atoms with E-state index in [4.69, 9.17) is 15.9 Å². The third kappa shape index (κ3) is 1.97. The molecule has 1 heterocycles. The fourth-order valence-electron chi connectivity index (χ4n) is 1.53. The number of nitrogens with zero attached hydrogens (tertiary/aromatic N) is 1. The second-order valence-electron chi connectivity index (χ2n) is 3.29. The second kappa shape index (κ2) is 4.37. The molecule has 0 aliphatic carbocycles. The number of carbonyl (C=O) groups excluding carboxylic acids is 2. The van der Waals surface area contributed by atoms with Crippen LogP contribution in [0.15, 0.2) is 4.99 Å². The fraction of sp³-hybridized carbons (Fsp3) is 0.625. The Kier molecular flexibility index (Phi) is 3.38. The van der Waals surface area contributed by atoms with Gasteiger partial charge in [-0.3, -0.25) is 14.9 Å². The molecule has 84 valence electrons. The summed E-state index contributed by atoms with van der Waals surface area (Å²) >= 11 is 0. The molecular formula is C8H13N3O4. The molecule has 0 radical (unpaired) electrons. The number of hydrogen-bond donors (Lipinski definition) is 4. The van der Waals surface area contributed by atoms with Gasteiger partial charge in [-0.25, -0.2) is 0 Å². The number of hydrogen-bond acceptors (Lipinski definition) is 5. The average Bonchev–Trinajstić information content (AvgIpc) is 2.14. The lowest BCUT2D eigenvalue weighted by Crippen LogP contribution is -2.55. The van der Waals surface area contributed by atoms with E-state index in [9.17, 15) is 9.59 Å². The van der Waals surface area contributed by atoms with Crippen LogP contribution < -0.4 is 11.1 Å². The van der Waals surface area contributed by atoms with Gasteiger partial charge < -0.3 is 15.9 Å². The number of carbonyl (C=O) groups is 2. The molecule has 0 aromatic carbocycles. The normalized spacial score (nSPS) is 19.7. The van der Waals surface area contributed by atoms with Crippen LogP contribution in [0.3, 0.4) is 0 Å². The molecule has 0 fully saturated rings. The molecule has 1 rings (SSSR count). The Bertz CT molecular complexity index is 307. The SMILES string of the molecule is NC1=NC(=O)C(CCO)(CCO)C(=O)N1. The minimum atomic E-state index is -1.48. The lowest BCUT2D eigenvalue weighted by Gasteiger charge is -2.30. The van der Waals surface area contributed by atoms with Crippen molar-refractivity contribution in [2.75, 3.05) is 13.2 Å². The molecule has 1 aliphatic rings. The summed E-state index contributed by atoms with van der Waals surface area (Å²) in [4.78, 5) is 26.6. The molecule has 0 aromatic rings. The van der Waals surface area contributed by atoms with Crippen LogP contribution in [0.1, 0.15) is 12.8 Å². The number of aliphatic imine (C=N–C) groups is 1. The van der Waals surface area contributed by atoms with Crippen LogP contribution >= 0.6 is 0 Å². The van der Waals surface area contributed by atoms with E-state index < -0.39 is 17.2 Å². The molecule has 0 atom stereocenters. The van der Waals surface area contributed by atoms with Crippen molar-refractivity contribution in [1.82, 2.24) is 5.32 Å². The number of aliphatic hydroxyl groups excluding tert-OH is 2. The molecule has 0 bridgehead atoms. The van der Waals surface area contributed by atoms with Gasteiger partial charge in [-0.15, -0.1) is 0 Å². The largest absolute Gasteiger partial charge is 0.396 e. The molecule has 0 saturated heterocycles. The van der Waals surface area contributed by atoms with Crippen molar-refractivity contribution in [3.8, 4) is 0 Å². The maximum Gasteiger partial charge on any atom is 0.264 e. The van der Waals surface area contributed by atoms with E-state index in [0.717, 1.165) is 0 Å². The van der Waals surface area contributed by atoms with Crippen LogP contribution in [0.2, 0.25) is 0 Å². The number of nitrogens with one attached hydrogen (secondary N) is 1. The van der Waals surface area contributed by atoms with E-state index in [0.29, 0.717) is 0 Å². The van der Waals surface area contributed by atoms with E-state index in [-0.39, 0.29) is 32.0 Å². The number of nitrogens with two attached hydrogens (primary N) is 1. The first-order valence-corrected chi connectivity index (χ1v) is 4.48. The fourth-order valence-corrected chi connectivity index (χ4v) is 1.53. The van der Waals surface area contributed by atoms with E-state index in [1.807, 2.05) is 0 Å². The van der Waals surface area contributed by atoms with Crippen molar-refractivity contribution in [1.29, 1.82) is 0 Å². The van der Waals surface area contributed by atoms with Gasteiger partial charge in [0.1, 0.15) is 5.41 Å². The minimum Gasteiger partial charge on any atom is -0.396 e. The summed E-state index contributed by atoms with van der Waals surface area (Å²) in [6.45, 7) is -0.677. The van der Waals surface area contributed by atoms with E-state index >= 15 is 0 Å². The van der Waals surface area contributed by atoms with E-state index in [1.54, 1.807) is 0 Å². The van der Waals surface area contributed by atoms with Crippen molar-refractivity contribution in [2.24, 2.45) is 16.1 Å². The van der Waals surface area contributed by atoms with Crippen LogP contribution in [-0.2, 0) is 9.59 Å². The quantitative estimate of drug-likeness (QED) is 0.393. The van der Waals surface area contributed by atoms with Gasteiger partial charge in [0.25, 0.3) is 5.91 Å². The van der Waals surface area contributed by atoms with Gasteiger partial charge in [0.15, 0.2) is 0 Å². The van der Waals surface area contributed by atoms with Crippen molar-refractivity contribution < 1.29 is 19.8 Å². The number of aliphatic hydroxyl groups is 2. The Balaban J connectivity index is 3.04. The molecule has 0 aromatic heterocycles. The highest BCUT2D eigenvalue weighted by Gasteiger charge is 2.47. The molecule has 5 N–H and O–H groups in total. The van der Waals surface area contributed by atoms with E-state index in [2.05, 4.69) is 10.3 Å². The van der Waals surface area contributed by atoms with Crippen molar-refractivity contribution in [3.05, 3.63) is 0 Å². The van der Waals surface area contributed by atoms with Crippen LogP contribution in [0.25, 0.3) is 0 Å². The summed E-state index contributed by atoms with van der Waals surface area (Å²) in [7, 11) is 0. The van der Waals surface area contributed by atoms with Gasteiger partial charge >= 0.3 is 0 Å². The first-order valence-electron chi connectivity index (χ1n) is 4.48. The first kappa shape index (κ1) is 11.6. The van der Waals surface area contributed by atoms with Crippen LogP contribution in [-0.4, -0.2) is 41.2 Å². The number of guanidine groups is 1. The Morgan fingerprint density at radius 3 is 2.20 bits per heavy atom. The maximum absolute atomic E-state index is 11.6. The van der Waals surface area contributed by atoms with Gasteiger partial charge in [0.2, 0.25) is 11.9 Å². The highest BCUT2D eigenvalue weighted by Crippen LogP contribution is 2.30. The van der Waals surface area contributed by atoms with Gasteiger partial charge in [-0.1, -0.05) is 0 Å². The van der Waals surface area contributed by atoms with Crippen molar-refractivity contribution >= 4 is 17.8 Å². The zero-order valence-corrected chi connectivity index (χ0v) is 8.06.